The van der Waals surface area contributed by atoms with Gasteiger partial charge in [-0.25, -0.2) is 0 Å². The Kier molecular flexibility index (Phi) is 7.59. The summed E-state index contributed by atoms with van der Waals surface area (Å²) in [6, 6.07) is 57.2. The van der Waals surface area contributed by atoms with E-state index in [1.54, 1.807) is 0 Å². The van der Waals surface area contributed by atoms with E-state index in [9.17, 15) is 5.26 Å². The van der Waals surface area contributed by atoms with Gasteiger partial charge in [0.25, 0.3) is 0 Å². The molecular formula is C58H32N6O2. The van der Waals surface area contributed by atoms with E-state index in [0.29, 0.717) is 5.56 Å². The number of aromatic nitrogens is 5. The molecule has 8 heteroatoms. The molecule has 0 aliphatic carbocycles. The number of hydrogen-bond acceptors (Lipinski definition) is 6. The summed E-state index contributed by atoms with van der Waals surface area (Å²) in [5.41, 5.74) is 14.4. The van der Waals surface area contributed by atoms with Crippen molar-refractivity contribution in [1.29, 1.82) is 5.26 Å². The van der Waals surface area contributed by atoms with Gasteiger partial charge in [0.05, 0.1) is 33.4 Å². The van der Waals surface area contributed by atoms with E-state index < -0.39 is 0 Å². The fraction of sp³-hybridized carbons (Fsp3) is 0. The normalized spacial score (nSPS) is 11.9. The number of rotatable bonds is 5. The van der Waals surface area contributed by atoms with Gasteiger partial charge in [-0.15, -0.1) is 0 Å². The van der Waals surface area contributed by atoms with Gasteiger partial charge >= 0.3 is 0 Å². The van der Waals surface area contributed by atoms with E-state index in [4.69, 9.17) is 8.83 Å². The van der Waals surface area contributed by atoms with E-state index in [1.165, 1.54) is 0 Å². The number of fused-ring (bicyclic) bond motifs is 12. The Morgan fingerprint density at radius 1 is 0.348 bits per heavy atom. The molecule has 14 rings (SSSR count). The first-order valence-corrected chi connectivity index (χ1v) is 21.8. The molecule has 7 aromatic heterocycles. The minimum absolute atomic E-state index is 0.492. The first kappa shape index (κ1) is 36.2. The molecule has 0 radical (unpaired) electrons. The van der Waals surface area contributed by atoms with Gasteiger partial charge in [0.1, 0.15) is 34.0 Å². The van der Waals surface area contributed by atoms with E-state index in [1.807, 2.05) is 97.8 Å². The van der Waals surface area contributed by atoms with Crippen LogP contribution in [0.15, 0.2) is 204 Å². The van der Waals surface area contributed by atoms with Gasteiger partial charge in [0.2, 0.25) is 0 Å². The molecule has 0 aliphatic rings. The quantitative estimate of drug-likeness (QED) is 0.171. The lowest BCUT2D eigenvalue weighted by molar-refractivity contribution is 0.669. The largest absolute Gasteiger partial charge is 0.456 e. The van der Waals surface area contributed by atoms with Crippen LogP contribution >= 0.6 is 0 Å². The second kappa shape index (κ2) is 13.8. The summed E-state index contributed by atoms with van der Waals surface area (Å²) in [7, 11) is 0. The van der Waals surface area contributed by atoms with Crippen molar-refractivity contribution in [2.24, 2.45) is 0 Å². The molecule has 0 unspecified atom stereocenters. The average molecular weight is 845 g/mol. The molecule has 0 N–H and O–H groups in total. The van der Waals surface area contributed by atoms with Gasteiger partial charge in [-0.05, 0) is 102 Å². The smallest absolute Gasteiger partial charge is 0.136 e. The molecule has 7 heterocycles. The van der Waals surface area contributed by atoms with Gasteiger partial charge in [-0.2, -0.15) is 5.26 Å². The van der Waals surface area contributed by atoms with Crippen LogP contribution in [0, 0.1) is 11.3 Å². The monoisotopic (exact) mass is 844 g/mol. The van der Waals surface area contributed by atoms with Crippen LogP contribution in [0.25, 0.3) is 132 Å². The molecule has 0 atom stereocenters. The van der Waals surface area contributed by atoms with E-state index >= 15 is 0 Å². The summed E-state index contributed by atoms with van der Waals surface area (Å²) >= 11 is 0. The molecule has 0 bridgehead atoms. The molecular weight excluding hydrogens is 813 g/mol. The van der Waals surface area contributed by atoms with Crippen LogP contribution < -0.4 is 0 Å². The molecule has 0 saturated heterocycles. The molecule has 0 amide bonds. The van der Waals surface area contributed by atoms with Crippen LogP contribution in [-0.2, 0) is 0 Å². The molecule has 66 heavy (non-hydrogen) atoms. The third-order valence-corrected chi connectivity index (χ3v) is 13.3. The third kappa shape index (κ3) is 5.05. The Morgan fingerprint density at radius 3 is 1.15 bits per heavy atom. The summed E-state index contributed by atoms with van der Waals surface area (Å²) in [6.45, 7) is 0. The first-order chi connectivity index (χ1) is 32.7. The number of furan rings is 2. The minimum atomic E-state index is 0.492. The van der Waals surface area contributed by atoms with Crippen LogP contribution in [-0.4, -0.2) is 24.1 Å². The molecule has 0 saturated carbocycles. The Bertz CT molecular complexity index is 4090. The zero-order chi connectivity index (χ0) is 43.5. The second-order valence-electron chi connectivity index (χ2n) is 16.6. The summed E-state index contributed by atoms with van der Waals surface area (Å²) in [5, 5.41) is 20.4. The predicted molar refractivity (Wildman–Crippen MR) is 264 cm³/mol. The third-order valence-electron chi connectivity index (χ3n) is 13.3. The number of para-hydroxylation sites is 4. The van der Waals surface area contributed by atoms with Gasteiger partial charge in [-0.3, -0.25) is 15.0 Å². The topological polar surface area (TPSA) is 98.6 Å². The maximum absolute atomic E-state index is 12.3. The lowest BCUT2D eigenvalue weighted by Crippen LogP contribution is -2.11. The van der Waals surface area contributed by atoms with Crippen molar-refractivity contribution in [2.45, 2.75) is 0 Å². The van der Waals surface area contributed by atoms with E-state index in [2.05, 4.69) is 127 Å². The van der Waals surface area contributed by atoms with E-state index in [-0.39, 0.29) is 0 Å². The van der Waals surface area contributed by atoms with Crippen LogP contribution in [0.4, 0.5) is 0 Å². The van der Waals surface area contributed by atoms with E-state index in [0.717, 1.165) is 132 Å². The van der Waals surface area contributed by atoms with Gasteiger partial charge in [0.15, 0.2) is 0 Å². The number of nitriles is 1. The molecule has 14 aromatic rings. The molecule has 7 aromatic carbocycles. The van der Waals surface area contributed by atoms with Crippen molar-refractivity contribution in [3.8, 4) is 50.8 Å². The highest BCUT2D eigenvalue weighted by Gasteiger charge is 2.32. The first-order valence-electron chi connectivity index (χ1n) is 21.8. The lowest BCUT2D eigenvalue weighted by Gasteiger charge is -2.27. The number of hydrogen-bond donors (Lipinski definition) is 0. The van der Waals surface area contributed by atoms with Gasteiger partial charge in [-0.1, -0.05) is 72.8 Å². The number of nitrogens with zero attached hydrogens (tertiary/aromatic N) is 6. The standard InChI is InChI=1S/C58H32N6O2/c59-33-45-57(63-46-13-5-1-9-37(46)41-31-52-43(29-48(41)63)39-11-3-7-15-50(39)65-52)55(35-19-25-61-26-20-35)54(34-17-23-60-24-18-34)56(36-21-27-62-28-22-36)58(45)64-47-14-6-2-10-38(47)42-32-53-44(30-49(42)64)40-12-4-8-16-51(40)66-53/h1-32H. The van der Waals surface area contributed by atoms with Crippen LogP contribution in [0.2, 0.25) is 0 Å². The van der Waals surface area contributed by atoms with Crippen molar-refractivity contribution in [2.75, 3.05) is 0 Å². The summed E-state index contributed by atoms with van der Waals surface area (Å²) < 4.78 is 17.6. The SMILES string of the molecule is N#Cc1c(-n2c3ccccc3c3cc4oc5ccccc5c4cc32)c(-c2ccncc2)c(-c2ccncc2)c(-c2ccncc2)c1-n1c2ccccc2c2cc3oc4ccccc4c3cc21. The maximum atomic E-state index is 12.3. The zero-order valence-electron chi connectivity index (χ0n) is 35.0. The van der Waals surface area contributed by atoms with Crippen molar-refractivity contribution < 1.29 is 8.83 Å². The second-order valence-corrected chi connectivity index (χ2v) is 16.6. The highest BCUT2D eigenvalue weighted by molar-refractivity contribution is 6.20. The fourth-order valence-corrected chi connectivity index (χ4v) is 10.5. The Morgan fingerprint density at radius 2 is 0.727 bits per heavy atom. The van der Waals surface area contributed by atoms with Crippen molar-refractivity contribution in [3.63, 3.8) is 0 Å². The maximum Gasteiger partial charge on any atom is 0.136 e. The van der Waals surface area contributed by atoms with Gasteiger partial charge in [0, 0.05) is 97.0 Å². The highest BCUT2D eigenvalue weighted by atomic mass is 16.3. The molecule has 8 nitrogen and oxygen atoms in total. The molecule has 0 aliphatic heterocycles. The van der Waals surface area contributed by atoms with Crippen molar-refractivity contribution in [1.82, 2.24) is 24.1 Å². The minimum Gasteiger partial charge on any atom is -0.456 e. The summed E-state index contributed by atoms with van der Waals surface area (Å²) in [4.78, 5) is 13.5. The Balaban J connectivity index is 1.27. The molecule has 306 valence electrons. The van der Waals surface area contributed by atoms with Crippen molar-refractivity contribution in [3.05, 3.63) is 200 Å². The highest BCUT2D eigenvalue weighted by Crippen LogP contribution is 2.52. The molecule has 0 fully saturated rings. The summed E-state index contributed by atoms with van der Waals surface area (Å²) in [5.74, 6) is 0. The van der Waals surface area contributed by atoms with Crippen LogP contribution in [0.3, 0.4) is 0 Å². The lowest BCUT2D eigenvalue weighted by atomic mass is 9.83. The molecule has 0 spiro atoms. The average Bonchev–Trinajstić information content (AvgIpc) is 4.12. The Labute approximate surface area is 375 Å². The fourth-order valence-electron chi connectivity index (χ4n) is 10.5. The van der Waals surface area contributed by atoms with Crippen LogP contribution in [0.1, 0.15) is 5.56 Å². The predicted octanol–water partition coefficient (Wildman–Crippen LogP) is 14.7. The van der Waals surface area contributed by atoms with Gasteiger partial charge < -0.3 is 18.0 Å². The Hall–Kier alpha value is -9.32. The number of benzene rings is 7. The number of pyridine rings is 3. The van der Waals surface area contributed by atoms with Crippen LogP contribution in [0.5, 0.6) is 0 Å². The summed E-state index contributed by atoms with van der Waals surface area (Å²) in [6.07, 6.45) is 11.0. The zero-order valence-corrected chi connectivity index (χ0v) is 35.0. The van der Waals surface area contributed by atoms with Crippen molar-refractivity contribution >= 4 is 87.5 Å².